The number of nitrogens with zero attached hydrogens (tertiary/aromatic N) is 2. The van der Waals surface area contributed by atoms with Gasteiger partial charge in [0.15, 0.2) is 0 Å². The highest BCUT2D eigenvalue weighted by Gasteiger charge is 1.98. The van der Waals surface area contributed by atoms with Crippen LogP contribution >= 0.6 is 11.6 Å². The first-order valence-corrected chi connectivity index (χ1v) is 3.32. The van der Waals surface area contributed by atoms with Gasteiger partial charge in [0.1, 0.15) is 5.82 Å². The van der Waals surface area contributed by atoms with Gasteiger partial charge in [-0.2, -0.15) is 0 Å². The maximum atomic E-state index is 5.58. The third kappa shape index (κ3) is 1.08. The van der Waals surface area contributed by atoms with Crippen molar-refractivity contribution in [3.8, 4) is 0 Å². The number of alkyl halides is 1. The minimum absolute atomic E-state index is 0.539. The fourth-order valence-electron chi connectivity index (χ4n) is 0.673. The second-order valence-corrected chi connectivity index (χ2v) is 2.26. The second-order valence-electron chi connectivity index (χ2n) is 1.99. The fourth-order valence-corrected chi connectivity index (χ4v) is 0.921. The molecular formula is C6H9ClN2. The molecule has 0 fully saturated rings. The van der Waals surface area contributed by atoms with Gasteiger partial charge in [-0.05, 0) is 6.92 Å². The molecule has 1 heterocycles. The molecule has 0 radical (unpaired) electrons. The lowest BCUT2D eigenvalue weighted by atomic mass is 10.5. The maximum Gasteiger partial charge on any atom is 0.105 e. The summed E-state index contributed by atoms with van der Waals surface area (Å²) in [5.41, 5.74) is 1.06. The first kappa shape index (κ1) is 6.62. The number of imidazole rings is 1. The van der Waals surface area contributed by atoms with Crippen LogP contribution in [0, 0.1) is 6.92 Å². The molecule has 0 aromatic carbocycles. The van der Waals surface area contributed by atoms with E-state index in [9.17, 15) is 0 Å². The van der Waals surface area contributed by atoms with Crippen LogP contribution < -0.4 is 0 Å². The average molecular weight is 145 g/mol. The summed E-state index contributed by atoms with van der Waals surface area (Å²) in [5, 5.41) is 0. The zero-order valence-corrected chi connectivity index (χ0v) is 6.31. The Bertz CT molecular complexity index is 205. The SMILES string of the molecule is Cc1ncc(CCl)n1C. The molecule has 1 aromatic rings. The van der Waals surface area contributed by atoms with Crippen LogP contribution in [0.3, 0.4) is 0 Å². The molecule has 0 spiro atoms. The van der Waals surface area contributed by atoms with Crippen LogP contribution in [0.4, 0.5) is 0 Å². The lowest BCUT2D eigenvalue weighted by Crippen LogP contribution is -1.94. The molecule has 0 saturated heterocycles. The molecule has 0 aliphatic carbocycles. The van der Waals surface area contributed by atoms with Crippen LogP contribution in [-0.4, -0.2) is 9.55 Å². The van der Waals surface area contributed by atoms with Crippen molar-refractivity contribution in [2.45, 2.75) is 12.8 Å². The first-order chi connectivity index (χ1) is 4.25. The molecule has 0 aliphatic heterocycles. The smallest absolute Gasteiger partial charge is 0.105 e. The number of aryl methyl sites for hydroxylation is 1. The standard InChI is InChI=1S/C6H9ClN2/c1-5-8-4-6(3-7)9(5)2/h4H,3H2,1-2H3. The summed E-state index contributed by atoms with van der Waals surface area (Å²) in [5.74, 6) is 1.54. The Morgan fingerprint density at radius 2 is 2.44 bits per heavy atom. The Kier molecular flexibility index (Phi) is 1.76. The Morgan fingerprint density at radius 3 is 2.67 bits per heavy atom. The lowest BCUT2D eigenvalue weighted by Gasteiger charge is -1.96. The van der Waals surface area contributed by atoms with E-state index in [1.54, 1.807) is 6.20 Å². The number of hydrogen-bond acceptors (Lipinski definition) is 1. The van der Waals surface area contributed by atoms with Gasteiger partial charge < -0.3 is 4.57 Å². The Hall–Kier alpha value is -0.500. The minimum Gasteiger partial charge on any atom is -0.334 e. The van der Waals surface area contributed by atoms with E-state index in [1.807, 2.05) is 18.5 Å². The fraction of sp³-hybridized carbons (Fsp3) is 0.500. The van der Waals surface area contributed by atoms with E-state index in [0.717, 1.165) is 11.5 Å². The topological polar surface area (TPSA) is 17.8 Å². The Labute approximate surface area is 59.5 Å². The van der Waals surface area contributed by atoms with Gasteiger partial charge in [-0.15, -0.1) is 11.6 Å². The summed E-state index contributed by atoms with van der Waals surface area (Å²) in [6, 6.07) is 0. The lowest BCUT2D eigenvalue weighted by molar-refractivity contribution is 0.821. The number of rotatable bonds is 1. The Morgan fingerprint density at radius 1 is 1.78 bits per heavy atom. The molecule has 0 saturated carbocycles. The molecule has 2 nitrogen and oxygen atoms in total. The maximum absolute atomic E-state index is 5.58. The van der Waals surface area contributed by atoms with E-state index in [2.05, 4.69) is 4.98 Å². The summed E-state index contributed by atoms with van der Waals surface area (Å²) < 4.78 is 1.98. The summed E-state index contributed by atoms with van der Waals surface area (Å²) in [4.78, 5) is 4.07. The molecule has 1 rings (SSSR count). The molecule has 0 aliphatic rings. The van der Waals surface area contributed by atoms with Crippen molar-refractivity contribution in [3.63, 3.8) is 0 Å². The van der Waals surface area contributed by atoms with Gasteiger partial charge in [0.05, 0.1) is 11.6 Å². The van der Waals surface area contributed by atoms with Crippen LogP contribution in [0.5, 0.6) is 0 Å². The third-order valence-electron chi connectivity index (χ3n) is 1.45. The van der Waals surface area contributed by atoms with Crippen molar-refractivity contribution in [1.29, 1.82) is 0 Å². The third-order valence-corrected chi connectivity index (χ3v) is 1.73. The van der Waals surface area contributed by atoms with Gasteiger partial charge in [-0.1, -0.05) is 0 Å². The van der Waals surface area contributed by atoms with E-state index in [0.29, 0.717) is 5.88 Å². The van der Waals surface area contributed by atoms with Crippen molar-refractivity contribution >= 4 is 11.6 Å². The molecule has 0 atom stereocenters. The van der Waals surface area contributed by atoms with E-state index < -0.39 is 0 Å². The highest BCUT2D eigenvalue weighted by molar-refractivity contribution is 6.16. The summed E-state index contributed by atoms with van der Waals surface area (Å²) in [6.07, 6.45) is 1.79. The highest BCUT2D eigenvalue weighted by atomic mass is 35.5. The van der Waals surface area contributed by atoms with E-state index in [4.69, 9.17) is 11.6 Å². The number of hydrogen-bond donors (Lipinski definition) is 0. The van der Waals surface area contributed by atoms with E-state index in [1.165, 1.54) is 0 Å². The molecular weight excluding hydrogens is 136 g/mol. The summed E-state index contributed by atoms with van der Waals surface area (Å²) in [7, 11) is 1.96. The quantitative estimate of drug-likeness (QED) is 0.546. The van der Waals surface area contributed by atoms with Gasteiger partial charge in [0.2, 0.25) is 0 Å². The largest absolute Gasteiger partial charge is 0.334 e. The second kappa shape index (κ2) is 2.40. The highest BCUT2D eigenvalue weighted by Crippen LogP contribution is 2.03. The molecule has 0 amide bonds. The molecule has 0 N–H and O–H groups in total. The molecule has 1 aromatic heterocycles. The monoisotopic (exact) mass is 144 g/mol. The van der Waals surface area contributed by atoms with Crippen molar-refractivity contribution in [3.05, 3.63) is 17.7 Å². The predicted molar refractivity (Wildman–Crippen MR) is 37.5 cm³/mol. The normalized spacial score (nSPS) is 10.1. The zero-order chi connectivity index (χ0) is 6.85. The van der Waals surface area contributed by atoms with Gasteiger partial charge in [0.25, 0.3) is 0 Å². The molecule has 50 valence electrons. The number of aromatic nitrogens is 2. The van der Waals surface area contributed by atoms with Crippen molar-refractivity contribution < 1.29 is 0 Å². The molecule has 3 heteroatoms. The van der Waals surface area contributed by atoms with Gasteiger partial charge >= 0.3 is 0 Å². The van der Waals surface area contributed by atoms with Crippen molar-refractivity contribution in [1.82, 2.24) is 9.55 Å². The van der Waals surface area contributed by atoms with Crippen molar-refractivity contribution in [2.75, 3.05) is 0 Å². The molecule has 0 unspecified atom stereocenters. The summed E-state index contributed by atoms with van der Waals surface area (Å²) in [6.45, 7) is 1.95. The average Bonchev–Trinajstić information content (AvgIpc) is 2.15. The molecule has 0 bridgehead atoms. The van der Waals surface area contributed by atoms with Crippen LogP contribution in [-0.2, 0) is 12.9 Å². The van der Waals surface area contributed by atoms with Crippen LogP contribution in [0.1, 0.15) is 11.5 Å². The predicted octanol–water partition coefficient (Wildman–Crippen LogP) is 1.47. The van der Waals surface area contributed by atoms with Gasteiger partial charge in [-0.25, -0.2) is 4.98 Å². The van der Waals surface area contributed by atoms with Crippen LogP contribution in [0.2, 0.25) is 0 Å². The van der Waals surface area contributed by atoms with Gasteiger partial charge in [-0.3, -0.25) is 0 Å². The van der Waals surface area contributed by atoms with Gasteiger partial charge in [0, 0.05) is 13.2 Å². The first-order valence-electron chi connectivity index (χ1n) is 2.79. The summed E-state index contributed by atoms with van der Waals surface area (Å²) >= 11 is 5.58. The van der Waals surface area contributed by atoms with Crippen LogP contribution in [0.15, 0.2) is 6.20 Å². The molecule has 9 heavy (non-hydrogen) atoms. The number of halogens is 1. The van der Waals surface area contributed by atoms with Crippen LogP contribution in [0.25, 0.3) is 0 Å². The Balaban J connectivity index is 3.04. The van der Waals surface area contributed by atoms with Crippen molar-refractivity contribution in [2.24, 2.45) is 7.05 Å². The van der Waals surface area contributed by atoms with E-state index >= 15 is 0 Å². The van der Waals surface area contributed by atoms with E-state index in [-0.39, 0.29) is 0 Å². The minimum atomic E-state index is 0.539. The zero-order valence-electron chi connectivity index (χ0n) is 5.56.